The monoisotopic (exact) mass is 366 g/mol. The summed E-state index contributed by atoms with van der Waals surface area (Å²) in [4.78, 5) is 20.5. The van der Waals surface area contributed by atoms with Crippen molar-refractivity contribution in [2.45, 2.75) is 0 Å². The van der Waals surface area contributed by atoms with Crippen LogP contribution in [0.5, 0.6) is 5.75 Å². The van der Waals surface area contributed by atoms with E-state index in [1.165, 1.54) is 0 Å². The number of hydrogen-bond acceptors (Lipinski definition) is 5. The zero-order chi connectivity index (χ0) is 18.8. The third kappa shape index (κ3) is 3.51. The van der Waals surface area contributed by atoms with Crippen LogP contribution in [-0.4, -0.2) is 70.8 Å². The average Bonchev–Trinajstić information content (AvgIpc) is 3.09. The number of urea groups is 1. The third-order valence-electron chi connectivity index (χ3n) is 4.49. The summed E-state index contributed by atoms with van der Waals surface area (Å²) < 4.78 is 7.65. The Hall–Kier alpha value is -3.29. The molecule has 2 aromatic heterocycles. The van der Waals surface area contributed by atoms with Gasteiger partial charge in [-0.2, -0.15) is 5.10 Å². The first-order chi connectivity index (χ1) is 13.1. The molecule has 0 saturated heterocycles. The van der Waals surface area contributed by atoms with E-state index in [4.69, 9.17) is 9.72 Å². The lowest BCUT2D eigenvalue weighted by Crippen LogP contribution is -2.43. The fourth-order valence-electron chi connectivity index (χ4n) is 3.10. The van der Waals surface area contributed by atoms with Crippen LogP contribution in [0.3, 0.4) is 0 Å². The van der Waals surface area contributed by atoms with Gasteiger partial charge in [0.25, 0.3) is 0 Å². The largest absolute Gasteiger partial charge is 0.492 e. The van der Waals surface area contributed by atoms with Crippen LogP contribution in [0.25, 0.3) is 16.8 Å². The van der Waals surface area contributed by atoms with Crippen LogP contribution in [0, 0.1) is 0 Å². The molecule has 8 nitrogen and oxygen atoms in total. The van der Waals surface area contributed by atoms with E-state index in [-0.39, 0.29) is 6.03 Å². The lowest BCUT2D eigenvalue weighted by atomic mass is 10.1. The molecule has 3 heterocycles. The molecule has 4 bridgehead atoms. The Morgan fingerprint density at radius 1 is 1.26 bits per heavy atom. The normalized spacial score (nSPS) is 14.4. The molecule has 1 aliphatic heterocycles. The Kier molecular flexibility index (Phi) is 4.53. The van der Waals surface area contributed by atoms with Gasteiger partial charge >= 0.3 is 6.03 Å². The second kappa shape index (κ2) is 7.14. The second-order valence-corrected chi connectivity index (χ2v) is 6.61. The molecular weight excluding hydrogens is 344 g/mol. The number of amides is 2. The molecule has 27 heavy (non-hydrogen) atoms. The number of fused-ring (bicyclic) bond motifs is 4. The third-order valence-corrected chi connectivity index (χ3v) is 4.49. The van der Waals surface area contributed by atoms with Gasteiger partial charge in [0.2, 0.25) is 0 Å². The van der Waals surface area contributed by atoms with Gasteiger partial charge < -0.3 is 19.9 Å². The smallest absolute Gasteiger partial charge is 0.319 e. The van der Waals surface area contributed by atoms with Gasteiger partial charge in [0.15, 0.2) is 5.65 Å². The summed E-state index contributed by atoms with van der Waals surface area (Å²) in [5, 5.41) is 7.68. The highest BCUT2D eigenvalue weighted by Crippen LogP contribution is 2.27. The van der Waals surface area contributed by atoms with Gasteiger partial charge in [0.05, 0.1) is 12.7 Å². The van der Waals surface area contributed by atoms with E-state index >= 15 is 0 Å². The Morgan fingerprint density at radius 3 is 3.00 bits per heavy atom. The van der Waals surface area contributed by atoms with Crippen molar-refractivity contribution in [2.75, 3.05) is 45.7 Å². The van der Waals surface area contributed by atoms with E-state index in [1.54, 1.807) is 28.4 Å². The molecule has 0 spiro atoms. The minimum Gasteiger partial charge on any atom is -0.492 e. The molecule has 140 valence electrons. The van der Waals surface area contributed by atoms with Crippen molar-refractivity contribution in [2.24, 2.45) is 0 Å². The van der Waals surface area contributed by atoms with Crippen molar-refractivity contribution in [1.82, 2.24) is 24.4 Å². The maximum absolute atomic E-state index is 12.4. The maximum atomic E-state index is 12.4. The zero-order valence-electron chi connectivity index (χ0n) is 15.4. The van der Waals surface area contributed by atoms with E-state index in [2.05, 4.69) is 10.4 Å². The van der Waals surface area contributed by atoms with Crippen molar-refractivity contribution in [1.29, 1.82) is 0 Å². The Labute approximate surface area is 157 Å². The second-order valence-electron chi connectivity index (χ2n) is 6.61. The molecule has 0 unspecified atom stereocenters. The first-order valence-electron chi connectivity index (χ1n) is 8.89. The lowest BCUT2D eigenvalue weighted by Gasteiger charge is -2.26. The number of carbonyl (C=O) groups excluding carboxylic acids is 1. The summed E-state index contributed by atoms with van der Waals surface area (Å²) in [5.41, 5.74) is 2.71. The predicted octanol–water partition coefficient (Wildman–Crippen LogP) is 2.18. The maximum Gasteiger partial charge on any atom is 0.319 e. The van der Waals surface area contributed by atoms with E-state index in [0.717, 1.165) is 28.3 Å². The predicted molar refractivity (Wildman–Crippen MR) is 103 cm³/mol. The Bertz CT molecular complexity index is 968. The molecule has 8 heteroatoms. The van der Waals surface area contributed by atoms with Gasteiger partial charge in [0.1, 0.15) is 18.2 Å². The molecule has 2 amide bonds. The number of nitrogens with one attached hydrogen (secondary N) is 1. The van der Waals surface area contributed by atoms with Crippen LogP contribution in [0.1, 0.15) is 0 Å². The summed E-state index contributed by atoms with van der Waals surface area (Å²) in [6.07, 6.45) is 3.69. The minimum atomic E-state index is -0.0391. The number of nitrogens with zero attached hydrogens (tertiary/aromatic N) is 5. The van der Waals surface area contributed by atoms with Crippen molar-refractivity contribution < 1.29 is 9.53 Å². The van der Waals surface area contributed by atoms with Crippen LogP contribution < -0.4 is 10.1 Å². The number of rotatable bonds is 0. The van der Waals surface area contributed by atoms with Gasteiger partial charge in [0, 0.05) is 38.9 Å². The topological polar surface area (TPSA) is 75.0 Å². The first-order valence-corrected chi connectivity index (χ1v) is 8.89. The van der Waals surface area contributed by atoms with Gasteiger partial charge in [-0.25, -0.2) is 14.3 Å². The van der Waals surface area contributed by atoms with Crippen LogP contribution in [0.4, 0.5) is 10.6 Å². The van der Waals surface area contributed by atoms with Crippen molar-refractivity contribution in [3.05, 3.63) is 42.7 Å². The van der Waals surface area contributed by atoms with Gasteiger partial charge in [-0.05, 0) is 23.8 Å². The molecule has 1 aromatic carbocycles. The van der Waals surface area contributed by atoms with Crippen LogP contribution >= 0.6 is 0 Å². The van der Waals surface area contributed by atoms with Crippen molar-refractivity contribution >= 4 is 17.5 Å². The highest BCUT2D eigenvalue weighted by atomic mass is 16.5. The molecule has 0 atom stereocenters. The Balaban J connectivity index is 1.71. The van der Waals surface area contributed by atoms with Crippen molar-refractivity contribution in [3.8, 4) is 16.9 Å². The van der Waals surface area contributed by atoms with E-state index < -0.39 is 0 Å². The van der Waals surface area contributed by atoms with Crippen LogP contribution in [-0.2, 0) is 0 Å². The van der Waals surface area contributed by atoms with E-state index in [0.29, 0.717) is 26.2 Å². The molecular formula is C19H22N6O2. The molecule has 0 radical (unpaired) electrons. The van der Waals surface area contributed by atoms with Crippen LogP contribution in [0.15, 0.2) is 42.7 Å². The van der Waals surface area contributed by atoms with Gasteiger partial charge in [-0.3, -0.25) is 0 Å². The fraction of sp³-hybridized carbons (Fsp3) is 0.316. The number of anilines is 1. The minimum absolute atomic E-state index is 0.0391. The molecule has 0 fully saturated rings. The van der Waals surface area contributed by atoms with Gasteiger partial charge in [-0.15, -0.1) is 0 Å². The van der Waals surface area contributed by atoms with Crippen molar-refractivity contribution in [3.63, 3.8) is 0 Å². The number of benzene rings is 1. The number of ether oxygens (including phenoxy) is 1. The first kappa shape index (κ1) is 17.1. The molecule has 1 aliphatic rings. The summed E-state index contributed by atoms with van der Waals surface area (Å²) in [5.74, 6) is 1.52. The van der Waals surface area contributed by atoms with Crippen LogP contribution in [0.2, 0.25) is 0 Å². The summed E-state index contributed by atoms with van der Waals surface area (Å²) in [7, 11) is 3.50. The Morgan fingerprint density at radius 2 is 2.15 bits per heavy atom. The average molecular weight is 366 g/mol. The summed E-state index contributed by atoms with van der Waals surface area (Å²) in [6.45, 7) is 2.08. The molecule has 1 N–H and O–H groups in total. The molecule has 0 saturated carbocycles. The van der Waals surface area contributed by atoms with Gasteiger partial charge in [-0.1, -0.05) is 12.1 Å². The quantitative estimate of drug-likeness (QED) is 0.660. The summed E-state index contributed by atoms with van der Waals surface area (Å²) in [6, 6.07) is 9.70. The highest BCUT2D eigenvalue weighted by Gasteiger charge is 2.16. The highest BCUT2D eigenvalue weighted by molar-refractivity contribution is 5.78. The summed E-state index contributed by atoms with van der Waals surface area (Å²) >= 11 is 0. The molecule has 0 aliphatic carbocycles. The molecule has 4 rings (SSSR count). The zero-order valence-corrected chi connectivity index (χ0v) is 15.4. The standard InChI is InChI=1S/C19H22N6O2/c1-23(2)19(26)24-9-7-20-17-6-8-25-18(22-17)16(13-21-25)14-4-3-5-15(12-14)27-11-10-24/h3-6,8,12-13H,7,9-11H2,1-2H3,(H,20,22). The number of aromatic nitrogens is 3. The lowest BCUT2D eigenvalue weighted by molar-refractivity contribution is 0.161. The fourth-order valence-corrected chi connectivity index (χ4v) is 3.10. The number of hydrogen-bond donors (Lipinski definition) is 1. The number of carbonyl (C=O) groups is 1. The van der Waals surface area contributed by atoms with E-state index in [1.807, 2.05) is 42.7 Å². The molecule has 3 aromatic rings. The SMILES string of the molecule is CN(C)C(=O)N1CCNc2ccn3ncc(c3n2)-c2cccc(c2)OCC1. The van der Waals surface area contributed by atoms with E-state index in [9.17, 15) is 4.79 Å².